The number of ether oxygens (including phenoxy) is 3. The van der Waals surface area contributed by atoms with Crippen molar-refractivity contribution in [2.45, 2.75) is 348 Å². The van der Waals surface area contributed by atoms with E-state index in [-0.39, 0.29) is 25.2 Å². The van der Waals surface area contributed by atoms with E-state index in [1.54, 1.807) is 0 Å². The molecule has 0 aromatic heterocycles. The maximum atomic E-state index is 12.9. The van der Waals surface area contributed by atoms with E-state index in [1.165, 1.54) is 263 Å². The molecule has 0 rings (SSSR count). The van der Waals surface area contributed by atoms with Crippen molar-refractivity contribution in [3.8, 4) is 0 Å². The van der Waals surface area contributed by atoms with Crippen LogP contribution < -0.4 is 0 Å². The second kappa shape index (κ2) is 61.4. The summed E-state index contributed by atoms with van der Waals surface area (Å²) in [6, 6.07) is 0. The molecular weight excluding hydrogens is 861 g/mol. The smallest absolute Gasteiger partial charge is 0.306 e. The number of carbonyl (C=O) groups is 2. The van der Waals surface area contributed by atoms with Gasteiger partial charge in [-0.25, -0.2) is 0 Å². The fraction of sp³-hybridized carbons (Fsp3) is 0.877. The van der Waals surface area contributed by atoms with Crippen LogP contribution in [0.25, 0.3) is 0 Å². The Hall–Kier alpha value is -1.88. The molecule has 0 aromatic carbocycles. The first-order chi connectivity index (χ1) is 34.6. The van der Waals surface area contributed by atoms with Crippen molar-refractivity contribution in [3.63, 3.8) is 0 Å². The van der Waals surface area contributed by atoms with Gasteiger partial charge in [-0.15, -0.1) is 0 Å². The molecule has 0 saturated heterocycles. The molecule has 0 aliphatic carbocycles. The second-order valence-electron chi connectivity index (χ2n) is 21.3. The molecule has 5 nitrogen and oxygen atoms in total. The predicted octanol–water partition coefficient (Wildman–Crippen LogP) is 21.7. The zero-order valence-electron chi connectivity index (χ0n) is 47.6. The number of unbranched alkanes of at least 4 members (excludes halogenated alkanes) is 42. The van der Waals surface area contributed by atoms with Gasteiger partial charge >= 0.3 is 11.9 Å². The third-order valence-corrected chi connectivity index (χ3v) is 14.1. The summed E-state index contributed by atoms with van der Waals surface area (Å²) in [5.41, 5.74) is 0. The lowest BCUT2D eigenvalue weighted by Gasteiger charge is -2.18. The zero-order chi connectivity index (χ0) is 50.6. The quantitative estimate of drug-likeness (QED) is 0.0345. The third kappa shape index (κ3) is 58.7. The molecule has 0 aromatic rings. The van der Waals surface area contributed by atoms with Gasteiger partial charge in [0.15, 0.2) is 6.10 Å². The molecule has 412 valence electrons. The van der Waals surface area contributed by atoms with Gasteiger partial charge in [0.05, 0.1) is 6.61 Å². The Labute approximate surface area is 438 Å². The molecule has 0 amide bonds. The van der Waals surface area contributed by atoms with Gasteiger partial charge in [-0.1, -0.05) is 288 Å². The lowest BCUT2D eigenvalue weighted by atomic mass is 10.0. The Kier molecular flexibility index (Phi) is 59.8. The second-order valence-corrected chi connectivity index (χ2v) is 21.3. The van der Waals surface area contributed by atoms with Gasteiger partial charge in [0.2, 0.25) is 0 Å². The molecule has 0 radical (unpaired) electrons. The SMILES string of the molecule is CCCCC/C=C\C/C=C\CCCCCCCCCCOCC(COC(=O)CCCCCCCCCCC/C=C\CCCCCCCC)OC(=O)CCCCCCCCCCCCCCCCCCC. The van der Waals surface area contributed by atoms with E-state index in [9.17, 15) is 9.59 Å². The summed E-state index contributed by atoms with van der Waals surface area (Å²) in [6.07, 6.45) is 76.0. The minimum absolute atomic E-state index is 0.0878. The van der Waals surface area contributed by atoms with E-state index in [2.05, 4.69) is 57.2 Å². The van der Waals surface area contributed by atoms with E-state index in [0.29, 0.717) is 19.4 Å². The minimum atomic E-state index is -0.537. The highest BCUT2D eigenvalue weighted by Crippen LogP contribution is 2.17. The van der Waals surface area contributed by atoms with Gasteiger partial charge in [-0.3, -0.25) is 9.59 Å². The third-order valence-electron chi connectivity index (χ3n) is 14.1. The molecule has 0 N–H and O–H groups in total. The zero-order valence-corrected chi connectivity index (χ0v) is 47.6. The molecule has 70 heavy (non-hydrogen) atoms. The van der Waals surface area contributed by atoms with E-state index >= 15 is 0 Å². The Morgan fingerprint density at radius 3 is 0.986 bits per heavy atom. The number of allylic oxidation sites excluding steroid dienone is 6. The van der Waals surface area contributed by atoms with Gasteiger partial charge in [0.25, 0.3) is 0 Å². The van der Waals surface area contributed by atoms with Crippen molar-refractivity contribution >= 4 is 11.9 Å². The topological polar surface area (TPSA) is 61.8 Å². The van der Waals surface area contributed by atoms with E-state index < -0.39 is 6.10 Å². The van der Waals surface area contributed by atoms with Crippen LogP contribution in [0, 0.1) is 0 Å². The number of rotatable bonds is 59. The predicted molar refractivity (Wildman–Crippen MR) is 307 cm³/mol. The highest BCUT2D eigenvalue weighted by molar-refractivity contribution is 5.70. The van der Waals surface area contributed by atoms with Crippen LogP contribution in [0.3, 0.4) is 0 Å². The maximum Gasteiger partial charge on any atom is 0.306 e. The highest BCUT2D eigenvalue weighted by Gasteiger charge is 2.18. The first-order valence-corrected chi connectivity index (χ1v) is 31.5. The molecule has 0 bridgehead atoms. The highest BCUT2D eigenvalue weighted by atomic mass is 16.6. The molecule has 0 aliphatic heterocycles. The van der Waals surface area contributed by atoms with Crippen molar-refractivity contribution in [2.24, 2.45) is 0 Å². The van der Waals surface area contributed by atoms with Crippen molar-refractivity contribution in [1.29, 1.82) is 0 Å². The standard InChI is InChI=1S/C65H122O5/c1-4-7-10-13-16-19-22-25-28-31-33-35-37-40-43-46-49-52-55-58-64(66)69-62-63(61-68-60-57-54-51-48-45-42-39-36-32-29-26-23-20-17-14-11-8-5-2)70-65(67)59-56-53-50-47-44-41-38-34-30-27-24-21-18-15-12-9-6-3/h17,20,25-26,28-29,63H,4-16,18-19,21-24,27,30-62H2,1-3H3/b20-17-,28-25-,29-26-. The molecule has 0 spiro atoms. The summed E-state index contributed by atoms with van der Waals surface area (Å²) in [4.78, 5) is 25.6. The molecule has 0 aliphatic rings. The van der Waals surface area contributed by atoms with Crippen LogP contribution in [0.15, 0.2) is 36.5 Å². The summed E-state index contributed by atoms with van der Waals surface area (Å²) < 4.78 is 17.5. The number of hydrogen-bond donors (Lipinski definition) is 0. The van der Waals surface area contributed by atoms with Crippen LogP contribution in [0.2, 0.25) is 0 Å². The molecule has 0 fully saturated rings. The molecule has 0 heterocycles. The number of hydrogen-bond acceptors (Lipinski definition) is 5. The summed E-state index contributed by atoms with van der Waals surface area (Å²) >= 11 is 0. The Balaban J connectivity index is 4.24. The van der Waals surface area contributed by atoms with Gasteiger partial charge in [-0.05, 0) is 77.0 Å². The van der Waals surface area contributed by atoms with Crippen LogP contribution in [0.1, 0.15) is 342 Å². The summed E-state index contributed by atoms with van der Waals surface area (Å²) in [5, 5.41) is 0. The molecule has 1 atom stereocenters. The largest absolute Gasteiger partial charge is 0.462 e. The Morgan fingerprint density at radius 2 is 0.600 bits per heavy atom. The lowest BCUT2D eigenvalue weighted by Crippen LogP contribution is -2.30. The molecule has 1 unspecified atom stereocenters. The van der Waals surface area contributed by atoms with Crippen LogP contribution >= 0.6 is 0 Å². The molecular formula is C65H122O5. The van der Waals surface area contributed by atoms with E-state index in [1.807, 2.05) is 0 Å². The fourth-order valence-corrected chi connectivity index (χ4v) is 9.42. The van der Waals surface area contributed by atoms with Gasteiger partial charge in [-0.2, -0.15) is 0 Å². The average molecular weight is 984 g/mol. The van der Waals surface area contributed by atoms with Crippen molar-refractivity contribution < 1.29 is 23.8 Å². The fourth-order valence-electron chi connectivity index (χ4n) is 9.42. The maximum absolute atomic E-state index is 12.9. The van der Waals surface area contributed by atoms with Crippen molar-refractivity contribution in [2.75, 3.05) is 19.8 Å². The monoisotopic (exact) mass is 983 g/mol. The minimum Gasteiger partial charge on any atom is -0.462 e. The average Bonchev–Trinajstić information content (AvgIpc) is 3.36. The lowest BCUT2D eigenvalue weighted by molar-refractivity contribution is -0.163. The molecule has 0 saturated carbocycles. The van der Waals surface area contributed by atoms with Crippen LogP contribution in [-0.4, -0.2) is 37.9 Å². The van der Waals surface area contributed by atoms with Gasteiger partial charge in [0, 0.05) is 19.4 Å². The first-order valence-electron chi connectivity index (χ1n) is 31.5. The Bertz CT molecular complexity index is 1110. The number of carbonyl (C=O) groups excluding carboxylic acids is 2. The summed E-state index contributed by atoms with van der Waals surface area (Å²) in [7, 11) is 0. The number of esters is 2. The van der Waals surface area contributed by atoms with Gasteiger partial charge in [0.1, 0.15) is 6.61 Å². The van der Waals surface area contributed by atoms with Crippen molar-refractivity contribution in [3.05, 3.63) is 36.5 Å². The van der Waals surface area contributed by atoms with Crippen LogP contribution in [0.5, 0.6) is 0 Å². The van der Waals surface area contributed by atoms with Crippen LogP contribution in [0.4, 0.5) is 0 Å². The summed E-state index contributed by atoms with van der Waals surface area (Å²) in [6.45, 7) is 7.86. The normalized spacial score (nSPS) is 12.3. The Morgan fingerprint density at radius 1 is 0.314 bits per heavy atom. The first kappa shape index (κ1) is 68.1. The van der Waals surface area contributed by atoms with E-state index in [4.69, 9.17) is 14.2 Å². The summed E-state index contributed by atoms with van der Waals surface area (Å²) in [5.74, 6) is -0.379. The van der Waals surface area contributed by atoms with Crippen molar-refractivity contribution in [1.82, 2.24) is 0 Å². The van der Waals surface area contributed by atoms with Crippen LogP contribution in [-0.2, 0) is 23.8 Å². The molecule has 5 heteroatoms. The van der Waals surface area contributed by atoms with E-state index in [0.717, 1.165) is 44.9 Å². The van der Waals surface area contributed by atoms with Gasteiger partial charge < -0.3 is 14.2 Å².